The Labute approximate surface area is 155 Å². The summed E-state index contributed by atoms with van der Waals surface area (Å²) in [6.45, 7) is 7.94. The van der Waals surface area contributed by atoms with Gasteiger partial charge in [0.25, 0.3) is 0 Å². The number of carbonyl (C=O) groups excluding carboxylic acids is 2. The minimum absolute atomic E-state index is 0.128. The zero-order chi connectivity index (χ0) is 18.7. The molecule has 26 heavy (non-hydrogen) atoms. The van der Waals surface area contributed by atoms with Gasteiger partial charge in [-0.1, -0.05) is 6.42 Å². The van der Waals surface area contributed by atoms with Crippen LogP contribution in [0.1, 0.15) is 66.3 Å². The second-order valence-corrected chi connectivity index (χ2v) is 7.43. The number of aromatic nitrogens is 1. The Hall–Kier alpha value is -1.82. The van der Waals surface area contributed by atoms with Gasteiger partial charge in [0.2, 0.25) is 5.91 Å². The molecule has 1 saturated carbocycles. The monoisotopic (exact) mass is 362 g/mol. The van der Waals surface area contributed by atoms with Gasteiger partial charge in [0.05, 0.1) is 12.7 Å². The molecular formula is C20H30N2O4. The maximum Gasteiger partial charge on any atom is 0.355 e. The fourth-order valence-corrected chi connectivity index (χ4v) is 3.80. The maximum atomic E-state index is 13.0. The first kappa shape index (κ1) is 19.0. The van der Waals surface area contributed by atoms with Crippen molar-refractivity contribution in [1.82, 2.24) is 9.88 Å². The van der Waals surface area contributed by atoms with Crippen molar-refractivity contribution in [2.45, 2.75) is 65.5 Å². The first-order valence-corrected chi connectivity index (χ1v) is 9.76. The molecule has 6 nitrogen and oxygen atoms in total. The summed E-state index contributed by atoms with van der Waals surface area (Å²) in [5.41, 5.74) is 3.30. The zero-order valence-electron chi connectivity index (χ0n) is 16.1. The fourth-order valence-electron chi connectivity index (χ4n) is 3.80. The van der Waals surface area contributed by atoms with Crippen LogP contribution in [0.4, 0.5) is 0 Å². The molecule has 2 aliphatic rings. The van der Waals surface area contributed by atoms with Gasteiger partial charge < -0.3 is 19.4 Å². The highest BCUT2D eigenvalue weighted by molar-refractivity contribution is 5.90. The lowest BCUT2D eigenvalue weighted by Gasteiger charge is -2.33. The summed E-state index contributed by atoms with van der Waals surface area (Å²) in [7, 11) is 0. The third-order valence-corrected chi connectivity index (χ3v) is 5.64. The van der Waals surface area contributed by atoms with E-state index < -0.39 is 0 Å². The van der Waals surface area contributed by atoms with Crippen molar-refractivity contribution in [1.29, 1.82) is 0 Å². The van der Waals surface area contributed by atoms with Crippen LogP contribution in [0.25, 0.3) is 0 Å². The molecule has 0 spiro atoms. The van der Waals surface area contributed by atoms with Gasteiger partial charge >= 0.3 is 5.97 Å². The molecule has 0 bridgehead atoms. The highest BCUT2D eigenvalue weighted by atomic mass is 16.5. The second-order valence-electron chi connectivity index (χ2n) is 7.43. The van der Waals surface area contributed by atoms with Crippen LogP contribution in [0.5, 0.6) is 0 Å². The fraction of sp³-hybridized carbons (Fsp3) is 0.700. The van der Waals surface area contributed by atoms with Crippen molar-refractivity contribution in [2.75, 3.05) is 19.8 Å². The van der Waals surface area contributed by atoms with Crippen LogP contribution in [-0.2, 0) is 20.8 Å². The minimum atomic E-state index is -0.338. The van der Waals surface area contributed by atoms with E-state index in [-0.39, 0.29) is 23.9 Å². The molecule has 2 heterocycles. The Bertz CT molecular complexity index is 657. The van der Waals surface area contributed by atoms with Gasteiger partial charge in [-0.05, 0) is 57.6 Å². The summed E-state index contributed by atoms with van der Waals surface area (Å²) in [5, 5.41) is 0. The number of nitrogens with zero attached hydrogens (tertiary/aromatic N) is 1. The van der Waals surface area contributed by atoms with Crippen molar-refractivity contribution >= 4 is 11.9 Å². The van der Waals surface area contributed by atoms with Gasteiger partial charge in [-0.3, -0.25) is 4.79 Å². The summed E-state index contributed by atoms with van der Waals surface area (Å²) in [6.07, 6.45) is 5.31. The number of carbonyl (C=O) groups is 2. The predicted molar refractivity (Wildman–Crippen MR) is 98.0 cm³/mol. The smallest absolute Gasteiger partial charge is 0.355 e. The number of ether oxygens (including phenoxy) is 2. The molecule has 1 saturated heterocycles. The summed E-state index contributed by atoms with van der Waals surface area (Å²) in [4.78, 5) is 30.2. The van der Waals surface area contributed by atoms with Crippen molar-refractivity contribution in [2.24, 2.45) is 5.92 Å². The number of aromatic amines is 1. The molecule has 2 fully saturated rings. The lowest BCUT2D eigenvalue weighted by Crippen LogP contribution is -2.42. The van der Waals surface area contributed by atoms with Crippen molar-refractivity contribution in [3.05, 3.63) is 22.5 Å². The Morgan fingerprint density at radius 3 is 2.58 bits per heavy atom. The van der Waals surface area contributed by atoms with E-state index in [1.165, 1.54) is 0 Å². The molecule has 1 atom stereocenters. The largest absolute Gasteiger partial charge is 0.461 e. The summed E-state index contributed by atoms with van der Waals surface area (Å²) in [6, 6.07) is 0. The molecule has 0 unspecified atom stereocenters. The number of amides is 1. The Kier molecular flexibility index (Phi) is 6.01. The van der Waals surface area contributed by atoms with Gasteiger partial charge in [0.15, 0.2) is 0 Å². The molecule has 1 aliphatic carbocycles. The van der Waals surface area contributed by atoms with E-state index in [4.69, 9.17) is 9.47 Å². The molecule has 1 N–H and O–H groups in total. The third kappa shape index (κ3) is 3.95. The van der Waals surface area contributed by atoms with E-state index in [0.29, 0.717) is 25.4 Å². The molecule has 3 rings (SSSR count). The lowest BCUT2D eigenvalue weighted by atomic mass is 9.84. The van der Waals surface area contributed by atoms with E-state index in [2.05, 4.69) is 4.98 Å². The zero-order valence-corrected chi connectivity index (χ0v) is 16.1. The summed E-state index contributed by atoms with van der Waals surface area (Å²) in [5.74, 6) is 0.0419. The Morgan fingerprint density at radius 2 is 2.00 bits per heavy atom. The van der Waals surface area contributed by atoms with Crippen LogP contribution in [0.15, 0.2) is 0 Å². The van der Waals surface area contributed by atoms with Crippen LogP contribution >= 0.6 is 0 Å². The van der Waals surface area contributed by atoms with Crippen molar-refractivity contribution in [3.63, 3.8) is 0 Å². The summed E-state index contributed by atoms with van der Waals surface area (Å²) < 4.78 is 10.9. The van der Waals surface area contributed by atoms with E-state index in [0.717, 1.165) is 55.5 Å². The molecule has 1 amide bonds. The van der Waals surface area contributed by atoms with Crippen LogP contribution in [-0.4, -0.2) is 47.6 Å². The number of aryl methyl sites for hydroxylation is 1. The van der Waals surface area contributed by atoms with Crippen LogP contribution in [0.2, 0.25) is 0 Å². The van der Waals surface area contributed by atoms with Gasteiger partial charge in [-0.15, -0.1) is 0 Å². The molecule has 144 valence electrons. The predicted octanol–water partition coefficient (Wildman–Crippen LogP) is 3.12. The molecule has 0 radical (unpaired) electrons. The molecule has 1 aromatic rings. The average molecular weight is 362 g/mol. The number of esters is 1. The van der Waals surface area contributed by atoms with Crippen LogP contribution in [0, 0.1) is 19.8 Å². The molecule has 1 aromatic heterocycles. The molecular weight excluding hydrogens is 332 g/mol. The van der Waals surface area contributed by atoms with Gasteiger partial charge in [-0.2, -0.15) is 0 Å². The number of H-pyrrole nitrogens is 1. The minimum Gasteiger partial charge on any atom is -0.461 e. The molecule has 6 heteroatoms. The van der Waals surface area contributed by atoms with Crippen molar-refractivity contribution < 1.29 is 19.1 Å². The second kappa shape index (κ2) is 8.25. The van der Waals surface area contributed by atoms with Gasteiger partial charge in [0.1, 0.15) is 5.69 Å². The van der Waals surface area contributed by atoms with E-state index in [9.17, 15) is 9.59 Å². The maximum absolute atomic E-state index is 13.0. The topological polar surface area (TPSA) is 71.6 Å². The SMILES string of the molecule is CCOC(=O)c1[nH]c(C)c(CN(C[C@@H]2CCCO2)C(=O)C2CCC2)c1C. The molecule has 1 aliphatic heterocycles. The highest BCUT2D eigenvalue weighted by Crippen LogP contribution is 2.30. The molecule has 0 aromatic carbocycles. The number of hydrogen-bond acceptors (Lipinski definition) is 4. The van der Waals surface area contributed by atoms with Gasteiger partial charge in [0, 0.05) is 31.3 Å². The van der Waals surface area contributed by atoms with E-state index >= 15 is 0 Å². The number of nitrogens with one attached hydrogen (secondary N) is 1. The van der Waals surface area contributed by atoms with E-state index in [1.54, 1.807) is 6.92 Å². The highest BCUT2D eigenvalue weighted by Gasteiger charge is 2.32. The van der Waals surface area contributed by atoms with E-state index in [1.807, 2.05) is 18.7 Å². The first-order chi connectivity index (χ1) is 12.5. The van der Waals surface area contributed by atoms with Crippen molar-refractivity contribution in [3.8, 4) is 0 Å². The number of rotatable bonds is 7. The Balaban J connectivity index is 1.79. The lowest BCUT2D eigenvalue weighted by molar-refractivity contribution is -0.140. The third-order valence-electron chi connectivity index (χ3n) is 5.64. The quantitative estimate of drug-likeness (QED) is 0.757. The first-order valence-electron chi connectivity index (χ1n) is 9.76. The summed E-state index contributed by atoms with van der Waals surface area (Å²) >= 11 is 0. The standard InChI is InChI=1S/C20H30N2O4/c1-4-25-20(24)18-13(2)17(14(3)21-18)12-22(11-16-9-6-10-26-16)19(23)15-7-5-8-15/h15-16,21H,4-12H2,1-3H3/t16-/m0/s1. The Morgan fingerprint density at radius 1 is 1.23 bits per heavy atom. The van der Waals surface area contributed by atoms with Crippen LogP contribution in [0.3, 0.4) is 0 Å². The van der Waals surface area contributed by atoms with Gasteiger partial charge in [-0.25, -0.2) is 4.79 Å². The number of hydrogen-bond donors (Lipinski definition) is 1. The average Bonchev–Trinajstić information content (AvgIpc) is 3.15. The normalized spacial score (nSPS) is 20.0. The van der Waals surface area contributed by atoms with Crippen LogP contribution < -0.4 is 0 Å².